The van der Waals surface area contributed by atoms with Crippen LogP contribution in [-0.4, -0.2) is 24.9 Å². The minimum absolute atomic E-state index is 0.207. The second-order valence-corrected chi connectivity index (χ2v) is 3.11. The molecular formula is C10H20O2. The van der Waals surface area contributed by atoms with Gasteiger partial charge in [-0.1, -0.05) is 32.4 Å². The summed E-state index contributed by atoms with van der Waals surface area (Å²) < 4.78 is 5.22. The fraction of sp³-hybridized carbons (Fsp3) is 0.800. The van der Waals surface area contributed by atoms with Crippen LogP contribution in [0.15, 0.2) is 12.2 Å². The minimum Gasteiger partial charge on any atom is -0.396 e. The molecule has 0 saturated heterocycles. The van der Waals surface area contributed by atoms with Gasteiger partial charge in [-0.2, -0.15) is 0 Å². The van der Waals surface area contributed by atoms with E-state index >= 15 is 0 Å². The largest absolute Gasteiger partial charge is 0.396 e. The molecule has 1 N–H and O–H groups in total. The van der Waals surface area contributed by atoms with E-state index in [1.54, 1.807) is 7.11 Å². The summed E-state index contributed by atoms with van der Waals surface area (Å²) in [7, 11) is 1.72. The number of aliphatic hydroxyl groups is 1. The smallest absolute Gasteiger partial charge is 0.0752 e. The number of hydrogen-bond donors (Lipinski definition) is 1. The van der Waals surface area contributed by atoms with Crippen LogP contribution in [0.2, 0.25) is 0 Å². The normalized spacial score (nSPS) is 16.7. The van der Waals surface area contributed by atoms with Crippen LogP contribution < -0.4 is 0 Å². The van der Waals surface area contributed by atoms with E-state index in [4.69, 9.17) is 9.84 Å². The Balaban J connectivity index is 3.74. The summed E-state index contributed by atoms with van der Waals surface area (Å²) in [4.78, 5) is 0. The summed E-state index contributed by atoms with van der Waals surface area (Å²) >= 11 is 0. The van der Waals surface area contributed by atoms with E-state index in [9.17, 15) is 0 Å². The molecule has 0 aromatic heterocycles. The second-order valence-electron chi connectivity index (χ2n) is 3.11. The van der Waals surface area contributed by atoms with E-state index in [0.717, 1.165) is 12.8 Å². The SMILES string of the molecule is CCCC(C=CC(C)CO)OC. The van der Waals surface area contributed by atoms with Gasteiger partial charge in [0.1, 0.15) is 0 Å². The first-order valence-electron chi connectivity index (χ1n) is 4.56. The molecular weight excluding hydrogens is 152 g/mol. The van der Waals surface area contributed by atoms with E-state index in [1.165, 1.54) is 0 Å². The predicted molar refractivity (Wildman–Crippen MR) is 51.1 cm³/mol. The van der Waals surface area contributed by atoms with Crippen LogP contribution >= 0.6 is 0 Å². The number of rotatable bonds is 6. The molecule has 0 amide bonds. The summed E-state index contributed by atoms with van der Waals surface area (Å²) in [5.74, 6) is 0.236. The van der Waals surface area contributed by atoms with Crippen LogP contribution in [0.25, 0.3) is 0 Å². The highest BCUT2D eigenvalue weighted by molar-refractivity contribution is 4.92. The molecule has 2 unspecified atom stereocenters. The van der Waals surface area contributed by atoms with Crippen molar-refractivity contribution in [1.82, 2.24) is 0 Å². The Labute approximate surface area is 75.2 Å². The monoisotopic (exact) mass is 172 g/mol. The molecule has 0 fully saturated rings. The van der Waals surface area contributed by atoms with Crippen LogP contribution in [0, 0.1) is 5.92 Å². The molecule has 0 aromatic rings. The van der Waals surface area contributed by atoms with Crippen LogP contribution in [0.1, 0.15) is 26.7 Å². The Kier molecular flexibility index (Phi) is 7.11. The molecule has 0 saturated carbocycles. The fourth-order valence-corrected chi connectivity index (χ4v) is 0.952. The van der Waals surface area contributed by atoms with E-state index in [2.05, 4.69) is 6.92 Å². The van der Waals surface area contributed by atoms with Gasteiger partial charge in [0, 0.05) is 13.7 Å². The fourth-order valence-electron chi connectivity index (χ4n) is 0.952. The van der Waals surface area contributed by atoms with Crippen molar-refractivity contribution in [2.24, 2.45) is 5.92 Å². The second kappa shape index (κ2) is 7.32. The van der Waals surface area contributed by atoms with Gasteiger partial charge in [0.2, 0.25) is 0 Å². The van der Waals surface area contributed by atoms with Crippen molar-refractivity contribution in [3.8, 4) is 0 Å². The molecule has 12 heavy (non-hydrogen) atoms. The molecule has 2 atom stereocenters. The van der Waals surface area contributed by atoms with Crippen molar-refractivity contribution >= 4 is 0 Å². The van der Waals surface area contributed by atoms with Crippen LogP contribution in [0.3, 0.4) is 0 Å². The van der Waals surface area contributed by atoms with Crippen molar-refractivity contribution in [1.29, 1.82) is 0 Å². The highest BCUT2D eigenvalue weighted by Gasteiger charge is 2.00. The maximum absolute atomic E-state index is 8.76. The molecule has 0 heterocycles. The highest BCUT2D eigenvalue weighted by atomic mass is 16.5. The maximum atomic E-state index is 8.76. The lowest BCUT2D eigenvalue weighted by Gasteiger charge is -2.09. The predicted octanol–water partition coefficient (Wildman–Crippen LogP) is 1.99. The molecule has 0 aliphatic heterocycles. The first kappa shape index (κ1) is 11.7. The van der Waals surface area contributed by atoms with E-state index in [1.807, 2.05) is 19.1 Å². The highest BCUT2D eigenvalue weighted by Crippen LogP contribution is 2.04. The van der Waals surface area contributed by atoms with Crippen LogP contribution in [-0.2, 0) is 4.74 Å². The van der Waals surface area contributed by atoms with Gasteiger partial charge in [-0.05, 0) is 12.3 Å². The standard InChI is InChI=1S/C10H20O2/c1-4-5-10(12-3)7-6-9(2)8-11/h6-7,9-11H,4-5,8H2,1-3H3. The zero-order chi connectivity index (χ0) is 9.40. The van der Waals surface area contributed by atoms with Crippen LogP contribution in [0.5, 0.6) is 0 Å². The summed E-state index contributed by atoms with van der Waals surface area (Å²) in [5, 5.41) is 8.76. The average molecular weight is 172 g/mol. The van der Waals surface area contributed by atoms with Crippen molar-refractivity contribution in [3.63, 3.8) is 0 Å². The molecule has 0 rings (SSSR count). The van der Waals surface area contributed by atoms with Gasteiger partial charge in [0.25, 0.3) is 0 Å². The van der Waals surface area contributed by atoms with E-state index in [0.29, 0.717) is 0 Å². The molecule has 0 aliphatic carbocycles. The number of aliphatic hydroxyl groups excluding tert-OH is 1. The molecule has 0 aromatic carbocycles. The first-order valence-corrected chi connectivity index (χ1v) is 4.56. The number of ether oxygens (including phenoxy) is 1. The molecule has 0 spiro atoms. The topological polar surface area (TPSA) is 29.5 Å². The molecule has 2 nitrogen and oxygen atoms in total. The van der Waals surface area contributed by atoms with Gasteiger partial charge in [0.05, 0.1) is 6.10 Å². The summed E-state index contributed by atoms with van der Waals surface area (Å²) in [6.45, 7) is 4.32. The molecule has 0 bridgehead atoms. The summed E-state index contributed by atoms with van der Waals surface area (Å²) in [5.41, 5.74) is 0. The van der Waals surface area contributed by atoms with Crippen molar-refractivity contribution < 1.29 is 9.84 Å². The van der Waals surface area contributed by atoms with Gasteiger partial charge >= 0.3 is 0 Å². The summed E-state index contributed by atoms with van der Waals surface area (Å²) in [6, 6.07) is 0. The van der Waals surface area contributed by atoms with Crippen LogP contribution in [0.4, 0.5) is 0 Å². The lowest BCUT2D eigenvalue weighted by molar-refractivity contribution is 0.132. The molecule has 0 radical (unpaired) electrons. The third-order valence-electron chi connectivity index (χ3n) is 1.82. The Hall–Kier alpha value is -0.340. The Morgan fingerprint density at radius 2 is 2.08 bits per heavy atom. The maximum Gasteiger partial charge on any atom is 0.0752 e. The Bertz CT molecular complexity index is 121. The third kappa shape index (κ3) is 5.33. The van der Waals surface area contributed by atoms with Gasteiger partial charge in [-0.15, -0.1) is 0 Å². The number of methoxy groups -OCH3 is 1. The zero-order valence-corrected chi connectivity index (χ0v) is 8.29. The molecule has 2 heteroatoms. The van der Waals surface area contributed by atoms with Gasteiger partial charge in [0.15, 0.2) is 0 Å². The lowest BCUT2D eigenvalue weighted by Crippen LogP contribution is -2.07. The number of hydrogen-bond acceptors (Lipinski definition) is 2. The van der Waals surface area contributed by atoms with Crippen molar-refractivity contribution in [3.05, 3.63) is 12.2 Å². The third-order valence-corrected chi connectivity index (χ3v) is 1.82. The zero-order valence-electron chi connectivity index (χ0n) is 8.29. The lowest BCUT2D eigenvalue weighted by atomic mass is 10.1. The van der Waals surface area contributed by atoms with Gasteiger partial charge in [-0.3, -0.25) is 0 Å². The molecule has 0 aliphatic rings. The Morgan fingerprint density at radius 1 is 1.42 bits per heavy atom. The van der Waals surface area contributed by atoms with Crippen molar-refractivity contribution in [2.75, 3.05) is 13.7 Å². The Morgan fingerprint density at radius 3 is 2.50 bits per heavy atom. The average Bonchev–Trinajstić information content (AvgIpc) is 2.11. The van der Waals surface area contributed by atoms with Crippen molar-refractivity contribution in [2.45, 2.75) is 32.8 Å². The first-order chi connectivity index (χ1) is 5.74. The summed E-state index contributed by atoms with van der Waals surface area (Å²) in [6.07, 6.45) is 6.42. The van der Waals surface area contributed by atoms with Gasteiger partial charge < -0.3 is 9.84 Å². The van der Waals surface area contributed by atoms with Gasteiger partial charge in [-0.25, -0.2) is 0 Å². The van der Waals surface area contributed by atoms with E-state index in [-0.39, 0.29) is 18.6 Å². The quantitative estimate of drug-likeness (QED) is 0.621. The van der Waals surface area contributed by atoms with E-state index < -0.39 is 0 Å². The molecule has 72 valence electrons. The minimum atomic E-state index is 0.207.